The first-order chi connectivity index (χ1) is 12.8. The van der Waals surface area contributed by atoms with Crippen molar-refractivity contribution in [2.45, 2.75) is 32.6 Å². The number of hydrogen-bond donors (Lipinski definition) is 0. The van der Waals surface area contributed by atoms with Crippen molar-refractivity contribution in [1.82, 2.24) is 9.97 Å². The van der Waals surface area contributed by atoms with Crippen LogP contribution in [0.3, 0.4) is 0 Å². The Bertz CT molecular complexity index is 873. The first-order valence-electron chi connectivity index (χ1n) is 9.49. The molecular weight excluding hydrogens is 322 g/mol. The largest absolute Gasteiger partial charge is 0.494 e. The number of fused-ring (bicyclic) bond motifs is 1. The van der Waals surface area contributed by atoms with Gasteiger partial charge >= 0.3 is 0 Å². The van der Waals surface area contributed by atoms with E-state index in [1.54, 1.807) is 0 Å². The first kappa shape index (κ1) is 16.8. The van der Waals surface area contributed by atoms with Crippen LogP contribution in [0.2, 0.25) is 0 Å². The van der Waals surface area contributed by atoms with Crippen LogP contribution in [0.5, 0.6) is 5.75 Å². The number of hydrogen-bond acceptors (Lipinski definition) is 4. The molecular formula is C22H25N3O. The van der Waals surface area contributed by atoms with Crippen molar-refractivity contribution in [3.05, 3.63) is 60.0 Å². The van der Waals surface area contributed by atoms with Crippen molar-refractivity contribution < 1.29 is 4.74 Å². The van der Waals surface area contributed by atoms with Crippen LogP contribution in [0.4, 0.5) is 5.69 Å². The van der Waals surface area contributed by atoms with Crippen molar-refractivity contribution in [1.29, 1.82) is 0 Å². The summed E-state index contributed by atoms with van der Waals surface area (Å²) in [5.41, 5.74) is 4.51. The monoisotopic (exact) mass is 347 g/mol. The zero-order valence-electron chi connectivity index (χ0n) is 15.3. The van der Waals surface area contributed by atoms with Gasteiger partial charge in [-0.15, -0.1) is 0 Å². The van der Waals surface area contributed by atoms with Crippen LogP contribution in [0.1, 0.15) is 30.7 Å². The molecule has 2 aromatic heterocycles. The highest BCUT2D eigenvalue weighted by Gasteiger charge is 2.16. The molecule has 0 bridgehead atoms. The van der Waals surface area contributed by atoms with Gasteiger partial charge in [-0.1, -0.05) is 6.07 Å². The fourth-order valence-corrected chi connectivity index (χ4v) is 3.62. The second-order valence-corrected chi connectivity index (χ2v) is 6.93. The Morgan fingerprint density at radius 1 is 1.08 bits per heavy atom. The molecule has 0 aliphatic carbocycles. The van der Waals surface area contributed by atoms with E-state index in [-0.39, 0.29) is 0 Å². The number of aromatic nitrogens is 2. The standard InChI is InChI=1S/C22H25N3O/c1-17-15-22(25-12-4-5-13-25)20-10-9-19(16-21(20)24-17)26-14-6-8-18-7-2-3-11-23-18/h2-3,7,9-11,15-16H,4-6,8,12-14H2,1H3. The average Bonchev–Trinajstić information content (AvgIpc) is 3.20. The summed E-state index contributed by atoms with van der Waals surface area (Å²) in [6, 6.07) is 14.5. The maximum Gasteiger partial charge on any atom is 0.121 e. The number of ether oxygens (including phenoxy) is 1. The lowest BCUT2D eigenvalue weighted by molar-refractivity contribution is 0.311. The molecule has 0 atom stereocenters. The van der Waals surface area contributed by atoms with E-state index in [1.165, 1.54) is 23.9 Å². The third kappa shape index (κ3) is 3.79. The molecule has 1 aromatic carbocycles. The summed E-state index contributed by atoms with van der Waals surface area (Å²) in [5.74, 6) is 0.893. The SMILES string of the molecule is Cc1cc(N2CCCC2)c2ccc(OCCCc3ccccn3)cc2n1. The molecule has 0 radical (unpaired) electrons. The van der Waals surface area contributed by atoms with Crippen LogP contribution in [0.25, 0.3) is 10.9 Å². The summed E-state index contributed by atoms with van der Waals surface area (Å²) in [4.78, 5) is 11.6. The molecule has 0 amide bonds. The van der Waals surface area contributed by atoms with Gasteiger partial charge in [0.25, 0.3) is 0 Å². The highest BCUT2D eigenvalue weighted by atomic mass is 16.5. The third-order valence-electron chi connectivity index (χ3n) is 4.91. The van der Waals surface area contributed by atoms with E-state index in [4.69, 9.17) is 9.72 Å². The Labute approximate surface area is 154 Å². The first-order valence-corrected chi connectivity index (χ1v) is 9.49. The summed E-state index contributed by atoms with van der Waals surface area (Å²) in [5, 5.41) is 1.22. The smallest absolute Gasteiger partial charge is 0.121 e. The quantitative estimate of drug-likeness (QED) is 0.613. The number of anilines is 1. The lowest BCUT2D eigenvalue weighted by atomic mass is 10.1. The van der Waals surface area contributed by atoms with Crippen molar-refractivity contribution in [2.75, 3.05) is 24.6 Å². The minimum Gasteiger partial charge on any atom is -0.494 e. The molecule has 134 valence electrons. The van der Waals surface area contributed by atoms with Crippen molar-refractivity contribution in [2.24, 2.45) is 0 Å². The summed E-state index contributed by atoms with van der Waals surface area (Å²) >= 11 is 0. The van der Waals surface area contributed by atoms with Crippen LogP contribution < -0.4 is 9.64 Å². The maximum atomic E-state index is 5.96. The molecule has 0 saturated carbocycles. The molecule has 4 nitrogen and oxygen atoms in total. The van der Waals surface area contributed by atoms with Gasteiger partial charge in [-0.3, -0.25) is 9.97 Å². The molecule has 4 rings (SSSR count). The van der Waals surface area contributed by atoms with E-state index in [1.807, 2.05) is 18.3 Å². The van der Waals surface area contributed by atoms with Gasteiger partial charge in [0.2, 0.25) is 0 Å². The lowest BCUT2D eigenvalue weighted by Crippen LogP contribution is -2.18. The predicted molar refractivity (Wildman–Crippen MR) is 106 cm³/mol. The fourth-order valence-electron chi connectivity index (χ4n) is 3.62. The highest BCUT2D eigenvalue weighted by Crippen LogP contribution is 2.31. The van der Waals surface area contributed by atoms with Gasteiger partial charge < -0.3 is 9.64 Å². The van der Waals surface area contributed by atoms with Gasteiger partial charge in [0.1, 0.15) is 5.75 Å². The van der Waals surface area contributed by atoms with E-state index in [9.17, 15) is 0 Å². The minimum absolute atomic E-state index is 0.687. The number of benzene rings is 1. The Balaban J connectivity index is 1.45. The Morgan fingerprint density at radius 2 is 1.96 bits per heavy atom. The average molecular weight is 347 g/mol. The molecule has 1 fully saturated rings. The molecule has 1 aliphatic rings. The summed E-state index contributed by atoms with van der Waals surface area (Å²) in [7, 11) is 0. The zero-order chi connectivity index (χ0) is 17.8. The minimum atomic E-state index is 0.687. The van der Waals surface area contributed by atoms with E-state index < -0.39 is 0 Å². The molecule has 1 aliphatic heterocycles. The molecule has 4 heteroatoms. The number of pyridine rings is 2. The number of nitrogens with zero attached hydrogens (tertiary/aromatic N) is 3. The van der Waals surface area contributed by atoms with Gasteiger partial charge in [-0.05, 0) is 62.9 Å². The van der Waals surface area contributed by atoms with Gasteiger partial charge in [-0.25, -0.2) is 0 Å². The summed E-state index contributed by atoms with van der Waals surface area (Å²) in [6.45, 7) is 5.04. The predicted octanol–water partition coefficient (Wildman–Crippen LogP) is 4.55. The van der Waals surface area contributed by atoms with Crippen molar-refractivity contribution >= 4 is 16.6 Å². The van der Waals surface area contributed by atoms with E-state index in [0.29, 0.717) is 6.61 Å². The van der Waals surface area contributed by atoms with Crippen LogP contribution in [-0.4, -0.2) is 29.7 Å². The highest BCUT2D eigenvalue weighted by molar-refractivity contribution is 5.93. The normalized spacial score (nSPS) is 14.1. The molecule has 0 unspecified atom stereocenters. The molecule has 0 N–H and O–H groups in total. The van der Waals surface area contributed by atoms with E-state index in [0.717, 1.165) is 48.6 Å². The lowest BCUT2D eigenvalue weighted by Gasteiger charge is -2.20. The topological polar surface area (TPSA) is 38.2 Å². The van der Waals surface area contributed by atoms with Gasteiger partial charge in [0.05, 0.1) is 12.1 Å². The van der Waals surface area contributed by atoms with Crippen LogP contribution in [-0.2, 0) is 6.42 Å². The second kappa shape index (κ2) is 7.73. The van der Waals surface area contributed by atoms with Crippen molar-refractivity contribution in [3.8, 4) is 5.75 Å². The van der Waals surface area contributed by atoms with Gasteiger partial charge in [0, 0.05) is 47.8 Å². The third-order valence-corrected chi connectivity index (χ3v) is 4.91. The second-order valence-electron chi connectivity index (χ2n) is 6.93. The molecule has 3 heterocycles. The van der Waals surface area contributed by atoms with Gasteiger partial charge in [-0.2, -0.15) is 0 Å². The number of aryl methyl sites for hydroxylation is 2. The summed E-state index contributed by atoms with van der Waals surface area (Å²) in [6.07, 6.45) is 6.28. The van der Waals surface area contributed by atoms with Gasteiger partial charge in [0.15, 0.2) is 0 Å². The van der Waals surface area contributed by atoms with Crippen LogP contribution in [0, 0.1) is 6.92 Å². The fraction of sp³-hybridized carbons (Fsp3) is 0.364. The Hall–Kier alpha value is -2.62. The molecule has 3 aromatic rings. The molecule has 1 saturated heterocycles. The molecule has 0 spiro atoms. The maximum absolute atomic E-state index is 5.96. The summed E-state index contributed by atoms with van der Waals surface area (Å²) < 4.78 is 5.96. The number of rotatable bonds is 6. The Morgan fingerprint density at radius 3 is 2.77 bits per heavy atom. The van der Waals surface area contributed by atoms with Crippen LogP contribution >= 0.6 is 0 Å². The van der Waals surface area contributed by atoms with Crippen molar-refractivity contribution in [3.63, 3.8) is 0 Å². The molecule has 26 heavy (non-hydrogen) atoms. The van der Waals surface area contributed by atoms with E-state index in [2.05, 4.69) is 47.1 Å². The van der Waals surface area contributed by atoms with E-state index >= 15 is 0 Å². The van der Waals surface area contributed by atoms with Crippen LogP contribution in [0.15, 0.2) is 48.7 Å². The zero-order valence-corrected chi connectivity index (χ0v) is 15.3. The Kier molecular flexibility index (Phi) is 5.00.